The van der Waals surface area contributed by atoms with Crippen molar-refractivity contribution in [1.82, 2.24) is 25.5 Å². The standard InChI is InChI=1S/C19H20BrN5O/c1-14-8-10-15(11-9-14)4-2-7-19(26)21-13-18-22-23-24-25(18)17-6-3-5-16(20)12-17/h3,5-6,8-12H,2,4,7,13H2,1H3,(H,21,26). The second-order valence-corrected chi connectivity index (χ2v) is 7.02. The van der Waals surface area contributed by atoms with Crippen molar-refractivity contribution in [3.05, 3.63) is 70.0 Å². The zero-order valence-corrected chi connectivity index (χ0v) is 16.1. The van der Waals surface area contributed by atoms with E-state index < -0.39 is 0 Å². The summed E-state index contributed by atoms with van der Waals surface area (Å²) in [5, 5.41) is 14.6. The summed E-state index contributed by atoms with van der Waals surface area (Å²) in [6, 6.07) is 16.1. The highest BCUT2D eigenvalue weighted by Crippen LogP contribution is 2.15. The van der Waals surface area contributed by atoms with Gasteiger partial charge in [0.15, 0.2) is 5.82 Å². The lowest BCUT2D eigenvalue weighted by Gasteiger charge is -2.07. The third-order valence-corrected chi connectivity index (χ3v) is 4.51. The normalized spacial score (nSPS) is 10.7. The van der Waals surface area contributed by atoms with Crippen LogP contribution >= 0.6 is 15.9 Å². The SMILES string of the molecule is Cc1ccc(CCCC(=O)NCc2nnnn2-c2cccc(Br)c2)cc1. The van der Waals surface area contributed by atoms with E-state index in [-0.39, 0.29) is 5.91 Å². The van der Waals surface area contributed by atoms with Crippen molar-refractivity contribution >= 4 is 21.8 Å². The van der Waals surface area contributed by atoms with Gasteiger partial charge in [-0.25, -0.2) is 0 Å². The molecule has 134 valence electrons. The molecule has 0 aliphatic heterocycles. The van der Waals surface area contributed by atoms with Crippen LogP contribution in [0.1, 0.15) is 29.8 Å². The molecule has 0 aliphatic rings. The molecule has 7 heteroatoms. The van der Waals surface area contributed by atoms with E-state index in [1.165, 1.54) is 11.1 Å². The number of aryl methyl sites for hydroxylation is 2. The van der Waals surface area contributed by atoms with E-state index in [2.05, 4.69) is 68.0 Å². The smallest absolute Gasteiger partial charge is 0.220 e. The van der Waals surface area contributed by atoms with E-state index >= 15 is 0 Å². The molecule has 2 aromatic carbocycles. The molecular formula is C19H20BrN5O. The number of carbonyl (C=O) groups is 1. The average molecular weight is 414 g/mol. The van der Waals surface area contributed by atoms with Crippen molar-refractivity contribution in [3.63, 3.8) is 0 Å². The molecule has 0 unspecified atom stereocenters. The maximum absolute atomic E-state index is 12.1. The first-order chi connectivity index (χ1) is 12.6. The van der Waals surface area contributed by atoms with Crippen LogP contribution in [0, 0.1) is 6.92 Å². The second-order valence-electron chi connectivity index (χ2n) is 6.10. The van der Waals surface area contributed by atoms with Gasteiger partial charge in [0.25, 0.3) is 0 Å². The fraction of sp³-hybridized carbons (Fsp3) is 0.263. The van der Waals surface area contributed by atoms with Crippen LogP contribution in [0.15, 0.2) is 53.0 Å². The monoisotopic (exact) mass is 413 g/mol. The molecule has 26 heavy (non-hydrogen) atoms. The quantitative estimate of drug-likeness (QED) is 0.644. The molecule has 1 heterocycles. The minimum Gasteiger partial charge on any atom is -0.349 e. The zero-order chi connectivity index (χ0) is 18.4. The Labute approximate surface area is 160 Å². The van der Waals surface area contributed by atoms with E-state index in [4.69, 9.17) is 0 Å². The number of benzene rings is 2. The lowest BCUT2D eigenvalue weighted by Crippen LogP contribution is -2.24. The summed E-state index contributed by atoms with van der Waals surface area (Å²) < 4.78 is 2.56. The van der Waals surface area contributed by atoms with Gasteiger partial charge in [-0.3, -0.25) is 4.79 Å². The third kappa shape index (κ3) is 4.98. The van der Waals surface area contributed by atoms with Crippen LogP contribution in [0.3, 0.4) is 0 Å². The van der Waals surface area contributed by atoms with E-state index in [9.17, 15) is 4.79 Å². The fourth-order valence-corrected chi connectivity index (χ4v) is 2.99. The Balaban J connectivity index is 1.49. The molecule has 3 rings (SSSR count). The van der Waals surface area contributed by atoms with Gasteiger partial charge in [-0.2, -0.15) is 4.68 Å². The highest BCUT2D eigenvalue weighted by atomic mass is 79.9. The lowest BCUT2D eigenvalue weighted by molar-refractivity contribution is -0.121. The summed E-state index contributed by atoms with van der Waals surface area (Å²) in [6.07, 6.45) is 2.18. The van der Waals surface area contributed by atoms with Crippen LogP contribution in [-0.2, 0) is 17.8 Å². The van der Waals surface area contributed by atoms with Crippen LogP contribution in [-0.4, -0.2) is 26.1 Å². The second kappa shape index (κ2) is 8.71. The van der Waals surface area contributed by atoms with Gasteiger partial charge in [0.05, 0.1) is 12.2 Å². The zero-order valence-electron chi connectivity index (χ0n) is 14.5. The topological polar surface area (TPSA) is 72.7 Å². The number of hydrogen-bond acceptors (Lipinski definition) is 4. The van der Waals surface area contributed by atoms with Crippen molar-refractivity contribution < 1.29 is 4.79 Å². The minimum absolute atomic E-state index is 0.000837. The Morgan fingerprint density at radius 2 is 2.00 bits per heavy atom. The third-order valence-electron chi connectivity index (χ3n) is 4.02. The Morgan fingerprint density at radius 3 is 2.77 bits per heavy atom. The maximum Gasteiger partial charge on any atom is 0.220 e. The predicted molar refractivity (Wildman–Crippen MR) is 103 cm³/mol. The molecule has 6 nitrogen and oxygen atoms in total. The number of nitrogens with one attached hydrogen (secondary N) is 1. The van der Waals surface area contributed by atoms with Gasteiger partial charge in [0.1, 0.15) is 0 Å². The van der Waals surface area contributed by atoms with Gasteiger partial charge < -0.3 is 5.32 Å². The molecule has 0 fully saturated rings. The van der Waals surface area contributed by atoms with E-state index in [0.29, 0.717) is 18.8 Å². The summed E-state index contributed by atoms with van der Waals surface area (Å²) in [5.41, 5.74) is 3.34. The summed E-state index contributed by atoms with van der Waals surface area (Å²) in [5.74, 6) is 0.593. The van der Waals surface area contributed by atoms with Gasteiger partial charge in [0, 0.05) is 10.9 Å². The minimum atomic E-state index is 0.000837. The number of tetrazole rings is 1. The number of aromatic nitrogens is 4. The van der Waals surface area contributed by atoms with Gasteiger partial charge in [-0.05, 0) is 54.0 Å². The molecule has 1 N–H and O–H groups in total. The van der Waals surface area contributed by atoms with E-state index in [1.807, 2.05) is 24.3 Å². The molecule has 3 aromatic rings. The number of carbonyl (C=O) groups excluding carboxylic acids is 1. The van der Waals surface area contributed by atoms with Crippen LogP contribution < -0.4 is 5.32 Å². The van der Waals surface area contributed by atoms with Crippen molar-refractivity contribution in [2.45, 2.75) is 32.7 Å². The van der Waals surface area contributed by atoms with Crippen molar-refractivity contribution in [2.24, 2.45) is 0 Å². The number of amides is 1. The number of hydrogen-bond donors (Lipinski definition) is 1. The molecule has 1 amide bonds. The van der Waals surface area contributed by atoms with Crippen molar-refractivity contribution in [2.75, 3.05) is 0 Å². The molecule has 0 saturated carbocycles. The van der Waals surface area contributed by atoms with Crippen LogP contribution in [0.2, 0.25) is 0 Å². The molecule has 0 aliphatic carbocycles. The first kappa shape index (κ1) is 18.3. The largest absolute Gasteiger partial charge is 0.349 e. The number of halogens is 1. The predicted octanol–water partition coefficient (Wildman–Crippen LogP) is 3.37. The lowest BCUT2D eigenvalue weighted by atomic mass is 10.1. The number of rotatable bonds is 7. The fourth-order valence-electron chi connectivity index (χ4n) is 2.60. The van der Waals surface area contributed by atoms with Crippen molar-refractivity contribution in [3.8, 4) is 5.69 Å². The molecule has 0 atom stereocenters. The molecule has 0 radical (unpaired) electrons. The molecule has 0 bridgehead atoms. The molecule has 0 spiro atoms. The van der Waals surface area contributed by atoms with Crippen LogP contribution in [0.25, 0.3) is 5.69 Å². The first-order valence-electron chi connectivity index (χ1n) is 8.47. The summed E-state index contributed by atoms with van der Waals surface area (Å²) >= 11 is 3.43. The Bertz CT molecular complexity index is 876. The number of nitrogens with zero attached hydrogens (tertiary/aromatic N) is 4. The summed E-state index contributed by atoms with van der Waals surface area (Å²) in [4.78, 5) is 12.1. The Hall–Kier alpha value is -2.54. The molecule has 1 aromatic heterocycles. The molecule has 0 saturated heterocycles. The van der Waals surface area contributed by atoms with Gasteiger partial charge in [0.2, 0.25) is 5.91 Å². The van der Waals surface area contributed by atoms with Gasteiger partial charge in [-0.1, -0.05) is 51.8 Å². The Kier molecular flexibility index (Phi) is 6.12. The van der Waals surface area contributed by atoms with Gasteiger partial charge >= 0.3 is 0 Å². The van der Waals surface area contributed by atoms with E-state index in [0.717, 1.165) is 23.0 Å². The Morgan fingerprint density at radius 1 is 1.19 bits per heavy atom. The summed E-state index contributed by atoms with van der Waals surface area (Å²) in [7, 11) is 0. The van der Waals surface area contributed by atoms with Crippen molar-refractivity contribution in [1.29, 1.82) is 0 Å². The van der Waals surface area contributed by atoms with Crippen LogP contribution in [0.4, 0.5) is 0 Å². The molecular weight excluding hydrogens is 394 g/mol. The van der Waals surface area contributed by atoms with E-state index in [1.54, 1.807) is 4.68 Å². The van der Waals surface area contributed by atoms with Crippen LogP contribution in [0.5, 0.6) is 0 Å². The first-order valence-corrected chi connectivity index (χ1v) is 9.26. The highest BCUT2D eigenvalue weighted by molar-refractivity contribution is 9.10. The van der Waals surface area contributed by atoms with Gasteiger partial charge in [-0.15, -0.1) is 5.10 Å². The highest BCUT2D eigenvalue weighted by Gasteiger charge is 2.10. The average Bonchev–Trinajstić information content (AvgIpc) is 3.10. The maximum atomic E-state index is 12.1. The summed E-state index contributed by atoms with van der Waals surface area (Å²) in [6.45, 7) is 2.36.